The largest absolute Gasteiger partial charge is 0.312 e. The molecule has 0 radical (unpaired) electrons. The summed E-state index contributed by atoms with van der Waals surface area (Å²) in [6, 6.07) is 9.67. The van der Waals surface area contributed by atoms with Gasteiger partial charge in [-0.25, -0.2) is 0 Å². The highest BCUT2D eigenvalue weighted by Crippen LogP contribution is 2.13. The van der Waals surface area contributed by atoms with Crippen molar-refractivity contribution in [3.05, 3.63) is 43.0 Å². The van der Waals surface area contributed by atoms with E-state index in [9.17, 15) is 4.79 Å². The number of hydrogen-bond acceptors (Lipinski definition) is 1. The Morgan fingerprint density at radius 1 is 1.43 bits per heavy atom. The van der Waals surface area contributed by atoms with E-state index in [1.807, 2.05) is 36.4 Å². The van der Waals surface area contributed by atoms with E-state index in [1.165, 1.54) is 0 Å². The molecule has 0 saturated heterocycles. The lowest BCUT2D eigenvalue weighted by atomic mass is 10.2. The maximum atomic E-state index is 11.3. The van der Waals surface area contributed by atoms with Gasteiger partial charge < -0.3 is 4.90 Å². The molecule has 74 valence electrons. The Bertz CT molecular complexity index is 305. The van der Waals surface area contributed by atoms with Crippen LogP contribution < -0.4 is 4.90 Å². The normalized spacial score (nSPS) is 9.50. The van der Waals surface area contributed by atoms with Crippen molar-refractivity contribution in [2.24, 2.45) is 0 Å². The molecule has 0 saturated carbocycles. The second kappa shape index (κ2) is 5.22. The number of para-hydroxylation sites is 1. The molecule has 0 fully saturated rings. The van der Waals surface area contributed by atoms with Crippen molar-refractivity contribution in [3.8, 4) is 0 Å². The van der Waals surface area contributed by atoms with E-state index in [2.05, 4.69) is 6.58 Å². The molecular weight excluding hydrogens is 174 g/mol. The van der Waals surface area contributed by atoms with Crippen LogP contribution in [-0.4, -0.2) is 12.5 Å². The average molecular weight is 189 g/mol. The molecule has 1 aromatic rings. The summed E-state index contributed by atoms with van der Waals surface area (Å²) in [4.78, 5) is 13.1. The highest BCUT2D eigenvalue weighted by molar-refractivity contribution is 5.91. The third kappa shape index (κ3) is 2.73. The Hall–Kier alpha value is -1.57. The van der Waals surface area contributed by atoms with Gasteiger partial charge in [0.15, 0.2) is 0 Å². The molecule has 0 bridgehead atoms. The summed E-state index contributed by atoms with van der Waals surface area (Å²) in [5.41, 5.74) is 0.946. The Kier molecular flexibility index (Phi) is 3.92. The first-order chi connectivity index (χ1) is 6.75. The van der Waals surface area contributed by atoms with E-state index in [1.54, 1.807) is 11.8 Å². The van der Waals surface area contributed by atoms with Crippen LogP contribution in [0.1, 0.15) is 13.3 Å². The van der Waals surface area contributed by atoms with Crippen LogP contribution in [0.3, 0.4) is 0 Å². The van der Waals surface area contributed by atoms with E-state index in [4.69, 9.17) is 0 Å². The Balaban J connectivity index is 2.78. The van der Waals surface area contributed by atoms with Gasteiger partial charge in [-0.3, -0.25) is 4.79 Å². The van der Waals surface area contributed by atoms with Crippen LogP contribution in [0, 0.1) is 0 Å². The lowest BCUT2D eigenvalue weighted by Crippen LogP contribution is -2.29. The van der Waals surface area contributed by atoms with Crippen molar-refractivity contribution in [1.82, 2.24) is 0 Å². The molecule has 0 aromatic heterocycles. The summed E-state index contributed by atoms with van der Waals surface area (Å²) in [5.74, 6) is 0.0676. The van der Waals surface area contributed by atoms with E-state index >= 15 is 0 Å². The van der Waals surface area contributed by atoms with Crippen molar-refractivity contribution in [3.63, 3.8) is 0 Å². The molecule has 2 nitrogen and oxygen atoms in total. The van der Waals surface area contributed by atoms with Gasteiger partial charge in [0.25, 0.3) is 0 Å². The van der Waals surface area contributed by atoms with Crippen molar-refractivity contribution in [1.29, 1.82) is 0 Å². The number of hydrogen-bond donors (Lipinski definition) is 0. The van der Waals surface area contributed by atoms with Crippen LogP contribution in [0.2, 0.25) is 0 Å². The zero-order valence-electron chi connectivity index (χ0n) is 8.44. The molecule has 0 atom stereocenters. The lowest BCUT2D eigenvalue weighted by molar-refractivity contribution is -0.116. The fraction of sp³-hybridized carbons (Fsp3) is 0.250. The van der Waals surface area contributed by atoms with Crippen LogP contribution in [0.4, 0.5) is 5.69 Å². The molecule has 0 aliphatic rings. The number of nitrogens with zero attached hydrogens (tertiary/aromatic N) is 1. The molecule has 14 heavy (non-hydrogen) atoms. The molecule has 0 spiro atoms. The molecule has 0 heterocycles. The molecule has 0 aliphatic carbocycles. The Labute approximate surface area is 84.9 Å². The molecule has 0 aliphatic heterocycles. The minimum Gasteiger partial charge on any atom is -0.312 e. The fourth-order valence-corrected chi connectivity index (χ4v) is 1.30. The third-order valence-electron chi connectivity index (χ3n) is 2.00. The van der Waals surface area contributed by atoms with Gasteiger partial charge in [0, 0.05) is 19.2 Å². The zero-order valence-corrected chi connectivity index (χ0v) is 8.44. The lowest BCUT2D eigenvalue weighted by Gasteiger charge is -2.20. The minimum absolute atomic E-state index is 0.0676. The summed E-state index contributed by atoms with van der Waals surface area (Å²) in [6.45, 7) is 5.92. The third-order valence-corrected chi connectivity index (χ3v) is 2.00. The summed E-state index contributed by atoms with van der Waals surface area (Å²) in [5, 5.41) is 0. The summed E-state index contributed by atoms with van der Waals surface area (Å²) < 4.78 is 0. The van der Waals surface area contributed by atoms with Gasteiger partial charge in [-0.2, -0.15) is 0 Å². The smallest absolute Gasteiger partial charge is 0.223 e. The number of carbonyl (C=O) groups is 1. The van der Waals surface area contributed by atoms with Crippen molar-refractivity contribution in [2.75, 3.05) is 11.4 Å². The van der Waals surface area contributed by atoms with Gasteiger partial charge in [0.1, 0.15) is 0 Å². The molecule has 1 rings (SSSR count). The average Bonchev–Trinajstić information content (AvgIpc) is 2.19. The van der Waals surface area contributed by atoms with E-state index in [-0.39, 0.29) is 5.91 Å². The van der Waals surface area contributed by atoms with Gasteiger partial charge in [-0.05, 0) is 18.6 Å². The maximum Gasteiger partial charge on any atom is 0.223 e. The summed E-state index contributed by atoms with van der Waals surface area (Å²) in [6.07, 6.45) is 2.63. The minimum atomic E-state index is 0.0676. The molecule has 0 N–H and O–H groups in total. The number of benzene rings is 1. The molecule has 2 heteroatoms. The van der Waals surface area contributed by atoms with Gasteiger partial charge in [0.05, 0.1) is 0 Å². The SMILES string of the molecule is C=CCCN(C(C)=O)c1ccccc1. The van der Waals surface area contributed by atoms with Crippen molar-refractivity contribution < 1.29 is 4.79 Å². The standard InChI is InChI=1S/C12H15NO/c1-3-4-10-13(11(2)14)12-8-6-5-7-9-12/h3,5-9H,1,4,10H2,2H3. The Morgan fingerprint density at radius 3 is 2.57 bits per heavy atom. The van der Waals surface area contributed by atoms with E-state index < -0.39 is 0 Å². The van der Waals surface area contributed by atoms with Crippen LogP contribution in [0.15, 0.2) is 43.0 Å². The van der Waals surface area contributed by atoms with E-state index in [0.717, 1.165) is 12.1 Å². The zero-order chi connectivity index (χ0) is 10.4. The van der Waals surface area contributed by atoms with Crippen molar-refractivity contribution >= 4 is 11.6 Å². The number of amides is 1. The van der Waals surface area contributed by atoms with Gasteiger partial charge in [-0.15, -0.1) is 6.58 Å². The monoisotopic (exact) mass is 189 g/mol. The quantitative estimate of drug-likeness (QED) is 0.667. The summed E-state index contributed by atoms with van der Waals surface area (Å²) >= 11 is 0. The van der Waals surface area contributed by atoms with Crippen LogP contribution >= 0.6 is 0 Å². The van der Waals surface area contributed by atoms with Gasteiger partial charge >= 0.3 is 0 Å². The first-order valence-electron chi connectivity index (χ1n) is 4.69. The molecular formula is C12H15NO. The highest BCUT2D eigenvalue weighted by Gasteiger charge is 2.08. The number of carbonyl (C=O) groups excluding carboxylic acids is 1. The highest BCUT2D eigenvalue weighted by atomic mass is 16.2. The van der Waals surface area contributed by atoms with Crippen LogP contribution in [-0.2, 0) is 4.79 Å². The number of anilines is 1. The van der Waals surface area contributed by atoms with Crippen LogP contribution in [0.5, 0.6) is 0 Å². The first kappa shape index (κ1) is 10.5. The maximum absolute atomic E-state index is 11.3. The van der Waals surface area contributed by atoms with Gasteiger partial charge in [-0.1, -0.05) is 24.3 Å². The predicted molar refractivity (Wildman–Crippen MR) is 59.3 cm³/mol. The fourth-order valence-electron chi connectivity index (χ4n) is 1.30. The Morgan fingerprint density at radius 2 is 2.07 bits per heavy atom. The molecule has 1 aromatic carbocycles. The second-order valence-corrected chi connectivity index (χ2v) is 3.08. The molecule has 1 amide bonds. The second-order valence-electron chi connectivity index (χ2n) is 3.08. The van der Waals surface area contributed by atoms with Crippen molar-refractivity contribution in [2.45, 2.75) is 13.3 Å². The topological polar surface area (TPSA) is 20.3 Å². The predicted octanol–water partition coefficient (Wildman–Crippen LogP) is 2.62. The summed E-state index contributed by atoms with van der Waals surface area (Å²) in [7, 11) is 0. The van der Waals surface area contributed by atoms with E-state index in [0.29, 0.717) is 6.54 Å². The number of rotatable bonds is 4. The molecule has 0 unspecified atom stereocenters. The van der Waals surface area contributed by atoms with Gasteiger partial charge in [0.2, 0.25) is 5.91 Å². The van der Waals surface area contributed by atoms with Crippen LogP contribution in [0.25, 0.3) is 0 Å². The first-order valence-corrected chi connectivity index (χ1v) is 4.69.